The van der Waals surface area contributed by atoms with E-state index in [4.69, 9.17) is 0 Å². The molecule has 0 amide bonds. The molecule has 0 bridgehead atoms. The maximum atomic E-state index is 2.58. The Morgan fingerprint density at radius 2 is 1.04 bits per heavy atom. The van der Waals surface area contributed by atoms with Crippen molar-refractivity contribution in [3.05, 3.63) is 193 Å². The Morgan fingerprint density at radius 3 is 1.91 bits per heavy atom. The van der Waals surface area contributed by atoms with Gasteiger partial charge in [0.05, 0.1) is 22.8 Å². The molecule has 0 spiro atoms. The summed E-state index contributed by atoms with van der Waals surface area (Å²) in [6.45, 7) is 0. The fourth-order valence-electron chi connectivity index (χ4n) is 9.61. The first-order valence-electron chi connectivity index (χ1n) is 19.0. The van der Waals surface area contributed by atoms with E-state index in [1.165, 1.54) is 105 Å². The molecule has 0 saturated heterocycles. The average Bonchev–Trinajstić information content (AvgIpc) is 3.71. The van der Waals surface area contributed by atoms with Gasteiger partial charge in [-0.3, -0.25) is 0 Å². The summed E-state index contributed by atoms with van der Waals surface area (Å²) >= 11 is 0. The van der Waals surface area contributed by atoms with Gasteiger partial charge in [0.1, 0.15) is 0 Å². The summed E-state index contributed by atoms with van der Waals surface area (Å²) in [5.74, 6) is 0. The van der Waals surface area contributed by atoms with Crippen LogP contribution in [-0.2, 0) is 0 Å². The van der Waals surface area contributed by atoms with Crippen LogP contribution in [0.3, 0.4) is 0 Å². The monoisotopic (exact) mass is 686 g/mol. The van der Waals surface area contributed by atoms with Crippen LogP contribution in [0.5, 0.6) is 0 Å². The van der Waals surface area contributed by atoms with Crippen LogP contribution in [-0.4, -0.2) is 9.13 Å². The third kappa shape index (κ3) is 4.17. The zero-order valence-electron chi connectivity index (χ0n) is 29.6. The predicted octanol–water partition coefficient (Wildman–Crippen LogP) is 13.9. The Balaban J connectivity index is 1.11. The molecule has 1 aliphatic heterocycles. The maximum absolute atomic E-state index is 2.58. The van der Waals surface area contributed by atoms with E-state index in [0.29, 0.717) is 0 Å². The molecule has 3 heterocycles. The fourth-order valence-corrected chi connectivity index (χ4v) is 9.61. The summed E-state index contributed by atoms with van der Waals surface area (Å²) in [7, 11) is 0. The van der Waals surface area contributed by atoms with Gasteiger partial charge in [0.25, 0.3) is 0 Å². The highest BCUT2D eigenvalue weighted by atomic mass is 15.0. The van der Waals surface area contributed by atoms with Crippen LogP contribution in [0.2, 0.25) is 0 Å². The van der Waals surface area contributed by atoms with E-state index in [1.54, 1.807) is 0 Å². The van der Waals surface area contributed by atoms with Crippen molar-refractivity contribution in [3.63, 3.8) is 0 Å². The lowest BCUT2D eigenvalue weighted by Crippen LogP contribution is -2.13. The second-order valence-corrected chi connectivity index (χ2v) is 14.8. The predicted molar refractivity (Wildman–Crippen MR) is 227 cm³/mol. The SMILES string of the molecule is C1=Cc2ccccc2C(n2c3ccccc3c3cc(-c4cc5c6c(c4)c4ccccc4n6-c4ccc(-c6ccccc6)cc4-c4ccccc4-5)ccc32)C1. The van der Waals surface area contributed by atoms with Gasteiger partial charge in [-0.2, -0.15) is 0 Å². The van der Waals surface area contributed by atoms with E-state index in [1.807, 2.05) is 0 Å². The Morgan fingerprint density at radius 1 is 0.407 bits per heavy atom. The van der Waals surface area contributed by atoms with E-state index >= 15 is 0 Å². The molecule has 54 heavy (non-hydrogen) atoms. The van der Waals surface area contributed by atoms with Gasteiger partial charge in [0, 0.05) is 43.7 Å². The van der Waals surface area contributed by atoms with Crippen LogP contribution in [0.1, 0.15) is 23.6 Å². The summed E-state index contributed by atoms with van der Waals surface area (Å²) < 4.78 is 5.10. The van der Waals surface area contributed by atoms with Gasteiger partial charge in [-0.1, -0.05) is 140 Å². The molecular weight excluding hydrogens is 653 g/mol. The highest BCUT2D eigenvalue weighted by molar-refractivity contribution is 6.18. The minimum absolute atomic E-state index is 0.246. The first-order valence-corrected chi connectivity index (χ1v) is 19.0. The summed E-state index contributed by atoms with van der Waals surface area (Å²) in [6, 6.07) is 65.7. The molecule has 12 rings (SSSR count). The largest absolute Gasteiger partial charge is 0.332 e. The summed E-state index contributed by atoms with van der Waals surface area (Å²) in [4.78, 5) is 0. The Hall–Kier alpha value is -6.90. The zero-order chi connectivity index (χ0) is 35.3. The van der Waals surface area contributed by atoms with Crippen molar-refractivity contribution < 1.29 is 0 Å². The van der Waals surface area contributed by atoms with Crippen LogP contribution in [0.4, 0.5) is 0 Å². The van der Waals surface area contributed by atoms with Crippen molar-refractivity contribution in [1.29, 1.82) is 0 Å². The van der Waals surface area contributed by atoms with Crippen LogP contribution in [0, 0.1) is 0 Å². The molecule has 2 aromatic heterocycles. The van der Waals surface area contributed by atoms with Crippen LogP contribution < -0.4 is 0 Å². The number of fused-ring (bicyclic) bond motifs is 12. The molecule has 0 radical (unpaired) electrons. The van der Waals surface area contributed by atoms with Gasteiger partial charge in [-0.15, -0.1) is 0 Å². The van der Waals surface area contributed by atoms with E-state index in [9.17, 15) is 0 Å². The smallest absolute Gasteiger partial charge is 0.0632 e. The molecule has 252 valence electrons. The molecule has 0 saturated carbocycles. The van der Waals surface area contributed by atoms with E-state index in [0.717, 1.165) is 6.42 Å². The lowest BCUT2D eigenvalue weighted by Gasteiger charge is -2.25. The van der Waals surface area contributed by atoms with Gasteiger partial charge >= 0.3 is 0 Å². The van der Waals surface area contributed by atoms with E-state index in [2.05, 4.69) is 197 Å². The molecule has 1 unspecified atom stereocenters. The highest BCUT2D eigenvalue weighted by Crippen LogP contribution is 2.49. The number of allylic oxidation sites excluding steroid dienone is 1. The van der Waals surface area contributed by atoms with E-state index < -0.39 is 0 Å². The van der Waals surface area contributed by atoms with Gasteiger partial charge in [0.15, 0.2) is 0 Å². The van der Waals surface area contributed by atoms with Crippen LogP contribution >= 0.6 is 0 Å². The molecule has 0 fully saturated rings. The third-order valence-corrected chi connectivity index (χ3v) is 12.0. The Labute approximate surface area is 313 Å². The number of hydrogen-bond donors (Lipinski definition) is 0. The van der Waals surface area contributed by atoms with Gasteiger partial charge in [-0.05, 0) is 99.5 Å². The van der Waals surface area contributed by atoms with Crippen molar-refractivity contribution in [2.24, 2.45) is 0 Å². The van der Waals surface area contributed by atoms with Crippen LogP contribution in [0.15, 0.2) is 182 Å². The van der Waals surface area contributed by atoms with E-state index in [-0.39, 0.29) is 6.04 Å². The number of nitrogens with zero attached hydrogens (tertiary/aromatic N) is 2. The number of rotatable bonds is 3. The topological polar surface area (TPSA) is 9.86 Å². The molecule has 1 atom stereocenters. The molecular formula is C52H34N2. The zero-order valence-corrected chi connectivity index (χ0v) is 29.6. The molecule has 2 heteroatoms. The van der Waals surface area contributed by atoms with Crippen LogP contribution in [0.25, 0.3) is 99.9 Å². The normalized spacial score (nSPS) is 14.3. The number of benzene rings is 8. The Bertz CT molecular complexity index is 3190. The lowest BCUT2D eigenvalue weighted by atomic mass is 9.90. The minimum atomic E-state index is 0.246. The molecule has 8 aromatic carbocycles. The van der Waals surface area contributed by atoms with Gasteiger partial charge in [-0.25, -0.2) is 0 Å². The second-order valence-electron chi connectivity index (χ2n) is 14.8. The number of para-hydroxylation sites is 2. The number of aromatic nitrogens is 2. The van der Waals surface area contributed by atoms with Gasteiger partial charge in [0.2, 0.25) is 0 Å². The summed E-state index contributed by atoms with van der Waals surface area (Å²) in [5, 5.41) is 5.15. The number of hydrogen-bond acceptors (Lipinski definition) is 0. The van der Waals surface area contributed by atoms with Crippen molar-refractivity contribution in [1.82, 2.24) is 9.13 Å². The van der Waals surface area contributed by atoms with Crippen molar-refractivity contribution in [2.75, 3.05) is 0 Å². The highest BCUT2D eigenvalue weighted by Gasteiger charge is 2.27. The van der Waals surface area contributed by atoms with Crippen molar-refractivity contribution in [3.8, 4) is 50.2 Å². The standard InChI is InChI=1S/C52H34N2/c1-2-13-33(14-3-1)35-25-28-51-43(29-35)39-18-6-7-19-40(39)45-31-37(32-46-42-21-9-11-23-49(42)54(51)52(45)46)36-26-27-50-44(30-36)41-20-8-10-22-48(41)53(50)47-24-12-16-34-15-4-5-17-38(34)47/h1-23,25-32,47H,24H2. The average molecular weight is 687 g/mol. The lowest BCUT2D eigenvalue weighted by molar-refractivity contribution is 0.625. The molecule has 2 aliphatic rings. The second kappa shape index (κ2) is 11.3. The maximum Gasteiger partial charge on any atom is 0.0632 e. The summed E-state index contributed by atoms with van der Waals surface area (Å²) in [6.07, 6.45) is 5.59. The quantitative estimate of drug-likeness (QED) is 0.175. The molecule has 1 aliphatic carbocycles. The van der Waals surface area contributed by atoms with Crippen molar-refractivity contribution >= 4 is 49.7 Å². The molecule has 2 nitrogen and oxygen atoms in total. The first-order chi connectivity index (χ1) is 26.8. The molecule has 10 aromatic rings. The fraction of sp³-hybridized carbons (Fsp3) is 0.0385. The third-order valence-electron chi connectivity index (χ3n) is 12.0. The molecule has 0 N–H and O–H groups in total. The van der Waals surface area contributed by atoms with Gasteiger partial charge < -0.3 is 9.13 Å². The minimum Gasteiger partial charge on any atom is -0.332 e. The summed E-state index contributed by atoms with van der Waals surface area (Å²) in [5.41, 5.74) is 18.9. The first kappa shape index (κ1) is 29.7. The Kier molecular flexibility index (Phi) is 6.20. The van der Waals surface area contributed by atoms with Crippen molar-refractivity contribution in [2.45, 2.75) is 12.5 Å².